The van der Waals surface area contributed by atoms with Crippen LogP contribution in [0.25, 0.3) is 0 Å². The van der Waals surface area contributed by atoms with E-state index in [0.717, 1.165) is 54.8 Å². The Hall–Kier alpha value is -0.730. The molecule has 4 fully saturated rings. The van der Waals surface area contributed by atoms with E-state index < -0.39 is 6.16 Å². The molecule has 0 aromatic rings. The van der Waals surface area contributed by atoms with Gasteiger partial charge in [0.1, 0.15) is 0 Å². The Morgan fingerprint density at radius 2 is 1.22 bits per heavy atom. The highest BCUT2D eigenvalue weighted by Crippen LogP contribution is 2.68. The van der Waals surface area contributed by atoms with Gasteiger partial charge in [-0.1, -0.05) is 157 Å². The minimum Gasteiger partial charge on any atom is -0.434 e. The van der Waals surface area contributed by atoms with Crippen molar-refractivity contribution < 1.29 is 14.3 Å². The van der Waals surface area contributed by atoms with Crippen LogP contribution in [0.5, 0.6) is 0 Å². The fourth-order valence-electron chi connectivity index (χ4n) is 12.4. The molecule has 4 rings (SSSR count). The van der Waals surface area contributed by atoms with E-state index >= 15 is 0 Å². The summed E-state index contributed by atoms with van der Waals surface area (Å²) < 4.78 is 10.9. The van der Waals surface area contributed by atoms with E-state index in [4.69, 9.17) is 9.47 Å². The number of hydrogen-bond acceptors (Lipinski definition) is 3. The summed E-state index contributed by atoms with van der Waals surface area (Å²) in [7, 11) is 0. The molecular formula is C46H84O3. The largest absolute Gasteiger partial charge is 0.508 e. The summed E-state index contributed by atoms with van der Waals surface area (Å²) in [5.74, 6) is 6.16. The normalized spacial score (nSPS) is 32.1. The van der Waals surface area contributed by atoms with E-state index in [9.17, 15) is 4.79 Å². The van der Waals surface area contributed by atoms with Crippen LogP contribution < -0.4 is 0 Å². The van der Waals surface area contributed by atoms with Crippen molar-refractivity contribution in [3.05, 3.63) is 0 Å². The second-order valence-corrected chi connectivity index (χ2v) is 18.9. The number of carbonyl (C=O) groups excluding carboxylic acids is 1. The lowest BCUT2D eigenvalue weighted by molar-refractivity contribution is -0.114. The molecule has 2 unspecified atom stereocenters. The van der Waals surface area contributed by atoms with Gasteiger partial charge in [0, 0.05) is 0 Å². The third-order valence-electron chi connectivity index (χ3n) is 15.4. The van der Waals surface area contributed by atoms with Crippen molar-refractivity contribution in [3.8, 4) is 0 Å². The molecule has 0 radical (unpaired) electrons. The third-order valence-corrected chi connectivity index (χ3v) is 15.4. The summed E-state index contributed by atoms with van der Waals surface area (Å²) in [6.45, 7) is 13.5. The predicted molar refractivity (Wildman–Crippen MR) is 209 cm³/mol. The molecule has 0 N–H and O–H groups in total. The van der Waals surface area contributed by atoms with Gasteiger partial charge in [0.25, 0.3) is 0 Å². The Morgan fingerprint density at radius 3 is 1.88 bits per heavy atom. The van der Waals surface area contributed by atoms with Gasteiger partial charge < -0.3 is 9.47 Å². The first-order valence-electron chi connectivity index (χ1n) is 22.6. The molecule has 0 aliphatic heterocycles. The molecule has 0 aromatic heterocycles. The van der Waals surface area contributed by atoms with E-state index in [1.54, 1.807) is 0 Å². The van der Waals surface area contributed by atoms with E-state index in [-0.39, 0.29) is 0 Å². The van der Waals surface area contributed by atoms with Crippen LogP contribution in [0.15, 0.2) is 0 Å². The molecule has 9 atom stereocenters. The van der Waals surface area contributed by atoms with E-state index in [1.807, 2.05) is 0 Å². The zero-order chi connectivity index (χ0) is 35.0. The standard InChI is InChI=1S/C46H84O3/c1-6-7-8-9-10-11-12-13-14-15-16-17-18-19-20-23-35-48-44(47)49-36-37(2)25-24-26-38(3)41-30-31-42-40-29-28-39-27-21-22-33-45(39,4)43(40)32-34-46(41,42)5/h37-43H,6-36H2,1-5H3/t37?,38-,39?,40+,41-,42+,43+,45+,46-/m1/s1. The molecule has 49 heavy (non-hydrogen) atoms. The number of carbonyl (C=O) groups is 1. The summed E-state index contributed by atoms with van der Waals surface area (Å²) in [5, 5.41) is 0. The van der Waals surface area contributed by atoms with Gasteiger partial charge in [-0.3, -0.25) is 0 Å². The minimum absolute atomic E-state index is 0.407. The van der Waals surface area contributed by atoms with E-state index in [0.29, 0.717) is 30.0 Å². The summed E-state index contributed by atoms with van der Waals surface area (Å²) >= 11 is 0. The second kappa shape index (κ2) is 21.7. The van der Waals surface area contributed by atoms with Crippen LogP contribution in [0.2, 0.25) is 0 Å². The van der Waals surface area contributed by atoms with Crippen molar-refractivity contribution in [2.24, 2.45) is 52.3 Å². The number of fused-ring (bicyclic) bond motifs is 5. The van der Waals surface area contributed by atoms with Crippen molar-refractivity contribution in [1.82, 2.24) is 0 Å². The van der Waals surface area contributed by atoms with E-state index in [2.05, 4.69) is 34.6 Å². The van der Waals surface area contributed by atoms with Crippen molar-refractivity contribution in [2.75, 3.05) is 13.2 Å². The Bertz CT molecular complexity index is 901. The van der Waals surface area contributed by atoms with Gasteiger partial charge >= 0.3 is 6.16 Å². The van der Waals surface area contributed by atoms with Crippen LogP contribution in [-0.2, 0) is 9.47 Å². The van der Waals surface area contributed by atoms with Crippen LogP contribution in [-0.4, -0.2) is 19.4 Å². The summed E-state index contributed by atoms with van der Waals surface area (Å²) in [6.07, 6.45) is 40.0. The van der Waals surface area contributed by atoms with Gasteiger partial charge in [0.15, 0.2) is 0 Å². The second-order valence-electron chi connectivity index (χ2n) is 18.9. The van der Waals surface area contributed by atoms with Crippen LogP contribution in [0.4, 0.5) is 4.79 Å². The zero-order valence-corrected chi connectivity index (χ0v) is 33.7. The molecule has 0 amide bonds. The molecule has 0 bridgehead atoms. The van der Waals surface area contributed by atoms with Crippen molar-refractivity contribution in [2.45, 2.75) is 221 Å². The average Bonchev–Trinajstić information content (AvgIpc) is 3.45. The molecule has 4 saturated carbocycles. The first kappa shape index (κ1) is 41.0. The quantitative estimate of drug-likeness (QED) is 0.0750. The van der Waals surface area contributed by atoms with Crippen molar-refractivity contribution in [3.63, 3.8) is 0 Å². The number of ether oxygens (including phenoxy) is 2. The Balaban J connectivity index is 0.970. The molecule has 0 saturated heterocycles. The Kier molecular flexibility index (Phi) is 18.2. The van der Waals surface area contributed by atoms with Gasteiger partial charge in [-0.25, -0.2) is 4.79 Å². The highest BCUT2D eigenvalue weighted by molar-refractivity contribution is 5.59. The first-order valence-corrected chi connectivity index (χ1v) is 22.6. The lowest BCUT2D eigenvalue weighted by atomic mass is 9.44. The summed E-state index contributed by atoms with van der Waals surface area (Å²) in [5.41, 5.74) is 1.23. The number of hydrogen-bond donors (Lipinski definition) is 0. The molecule has 0 heterocycles. The van der Waals surface area contributed by atoms with Crippen LogP contribution >= 0.6 is 0 Å². The maximum absolute atomic E-state index is 12.2. The zero-order valence-electron chi connectivity index (χ0n) is 33.7. The molecule has 286 valence electrons. The third kappa shape index (κ3) is 12.2. The monoisotopic (exact) mass is 685 g/mol. The molecule has 4 aliphatic carbocycles. The lowest BCUT2D eigenvalue weighted by Gasteiger charge is -2.61. The van der Waals surface area contributed by atoms with Gasteiger partial charge in [0.05, 0.1) is 13.2 Å². The average molecular weight is 685 g/mol. The van der Waals surface area contributed by atoms with Crippen LogP contribution in [0.3, 0.4) is 0 Å². The molecule has 4 aliphatic rings. The minimum atomic E-state index is -0.460. The van der Waals surface area contributed by atoms with Crippen molar-refractivity contribution in [1.29, 1.82) is 0 Å². The fourth-order valence-corrected chi connectivity index (χ4v) is 12.4. The Labute approximate surface area is 306 Å². The van der Waals surface area contributed by atoms with Crippen LogP contribution in [0.1, 0.15) is 221 Å². The highest BCUT2D eigenvalue weighted by Gasteiger charge is 2.60. The fraction of sp³-hybridized carbons (Fsp3) is 0.978. The maximum atomic E-state index is 12.2. The summed E-state index contributed by atoms with van der Waals surface area (Å²) in [4.78, 5) is 12.2. The first-order chi connectivity index (χ1) is 23.8. The summed E-state index contributed by atoms with van der Waals surface area (Å²) in [6, 6.07) is 0. The molecule has 0 spiro atoms. The number of unbranched alkanes of at least 4 members (excludes halogenated alkanes) is 15. The molecule has 3 heteroatoms. The maximum Gasteiger partial charge on any atom is 0.508 e. The van der Waals surface area contributed by atoms with Crippen LogP contribution in [0, 0.1) is 52.3 Å². The lowest BCUT2D eigenvalue weighted by Crippen LogP contribution is -2.53. The molecule has 3 nitrogen and oxygen atoms in total. The highest BCUT2D eigenvalue weighted by atomic mass is 16.7. The molecular weight excluding hydrogens is 601 g/mol. The Morgan fingerprint density at radius 1 is 0.612 bits per heavy atom. The van der Waals surface area contributed by atoms with Gasteiger partial charge in [0.2, 0.25) is 0 Å². The predicted octanol–water partition coefficient (Wildman–Crippen LogP) is 14.9. The molecule has 0 aromatic carbocycles. The van der Waals surface area contributed by atoms with Gasteiger partial charge in [-0.05, 0) is 116 Å². The van der Waals surface area contributed by atoms with Gasteiger partial charge in [-0.15, -0.1) is 0 Å². The van der Waals surface area contributed by atoms with Gasteiger partial charge in [-0.2, -0.15) is 0 Å². The van der Waals surface area contributed by atoms with E-state index in [1.165, 1.54) is 167 Å². The SMILES string of the molecule is CCCCCCCCCCCCCCCCCCOC(=O)OCC(C)CCC[C@@H](C)[C@H]1CC[C@H]2[C@@H]3CCC4CCCC[C@]4(C)[C@H]3CC[C@]12C. The number of rotatable bonds is 24. The smallest absolute Gasteiger partial charge is 0.434 e. The topological polar surface area (TPSA) is 35.5 Å². The van der Waals surface area contributed by atoms with Crippen molar-refractivity contribution >= 4 is 6.16 Å².